The van der Waals surface area contributed by atoms with Crippen LogP contribution >= 0.6 is 0 Å². The topological polar surface area (TPSA) is 80.6 Å². The van der Waals surface area contributed by atoms with Crippen LogP contribution < -0.4 is 19.5 Å². The van der Waals surface area contributed by atoms with Gasteiger partial charge in [-0.05, 0) is 43.3 Å². The zero-order valence-electron chi connectivity index (χ0n) is 12.4. The number of hydrogen-bond acceptors (Lipinski definition) is 5. The zero-order chi connectivity index (χ0) is 16.2. The molecule has 6 nitrogen and oxygen atoms in total. The summed E-state index contributed by atoms with van der Waals surface area (Å²) in [6.07, 6.45) is -0.689. The van der Waals surface area contributed by atoms with Crippen LogP contribution in [0.5, 0.6) is 17.2 Å². The van der Waals surface area contributed by atoms with E-state index in [0.29, 0.717) is 28.5 Å². The summed E-state index contributed by atoms with van der Waals surface area (Å²) >= 11 is 0. The van der Waals surface area contributed by atoms with Gasteiger partial charge < -0.3 is 19.5 Å². The Hall–Kier alpha value is -3.20. The highest BCUT2D eigenvalue weighted by Crippen LogP contribution is 2.35. The molecule has 0 radical (unpaired) electrons. The summed E-state index contributed by atoms with van der Waals surface area (Å²) < 4.78 is 16.1. The van der Waals surface area contributed by atoms with Gasteiger partial charge in [-0.25, -0.2) is 0 Å². The second-order valence-electron chi connectivity index (χ2n) is 4.95. The van der Waals surface area contributed by atoms with Crippen molar-refractivity contribution in [1.82, 2.24) is 0 Å². The van der Waals surface area contributed by atoms with Crippen molar-refractivity contribution < 1.29 is 19.0 Å². The predicted molar refractivity (Wildman–Crippen MR) is 82.4 cm³/mol. The van der Waals surface area contributed by atoms with Gasteiger partial charge in [-0.3, -0.25) is 4.79 Å². The largest absolute Gasteiger partial charge is 0.481 e. The number of hydrogen-bond donors (Lipinski definition) is 1. The highest BCUT2D eigenvalue weighted by Gasteiger charge is 2.18. The maximum atomic E-state index is 12.1. The summed E-state index contributed by atoms with van der Waals surface area (Å²) in [6, 6.07) is 13.8. The van der Waals surface area contributed by atoms with Gasteiger partial charge in [-0.2, -0.15) is 5.26 Å². The Morgan fingerprint density at radius 3 is 2.70 bits per heavy atom. The van der Waals surface area contributed by atoms with Crippen LogP contribution in [0, 0.1) is 11.3 Å². The second kappa shape index (κ2) is 6.28. The van der Waals surface area contributed by atoms with Gasteiger partial charge in [0.15, 0.2) is 17.6 Å². The Bertz CT molecular complexity index is 765. The van der Waals surface area contributed by atoms with Gasteiger partial charge in [0.1, 0.15) is 5.75 Å². The minimum absolute atomic E-state index is 0.188. The summed E-state index contributed by atoms with van der Waals surface area (Å²) in [5, 5.41) is 11.5. The van der Waals surface area contributed by atoms with Crippen LogP contribution in [-0.2, 0) is 4.79 Å². The van der Waals surface area contributed by atoms with Crippen LogP contribution in [0.2, 0.25) is 0 Å². The van der Waals surface area contributed by atoms with Crippen molar-refractivity contribution in [2.75, 3.05) is 12.1 Å². The van der Waals surface area contributed by atoms with E-state index in [-0.39, 0.29) is 12.7 Å². The van der Waals surface area contributed by atoms with Crippen molar-refractivity contribution >= 4 is 11.6 Å². The lowest BCUT2D eigenvalue weighted by atomic mass is 10.2. The maximum absolute atomic E-state index is 12.1. The van der Waals surface area contributed by atoms with Gasteiger partial charge in [0.05, 0.1) is 11.6 Å². The number of benzene rings is 2. The van der Waals surface area contributed by atoms with Gasteiger partial charge in [0.25, 0.3) is 5.91 Å². The standard InChI is InChI=1S/C17H14N2O4/c1-11(17(20)19-13-4-2-12(9-18)3-5-13)23-14-6-7-15-16(8-14)22-10-21-15/h2-8,11H,10H2,1H3,(H,19,20)/t11-/m0/s1. The van der Waals surface area contributed by atoms with Gasteiger partial charge in [0, 0.05) is 11.8 Å². The molecule has 0 unspecified atom stereocenters. The van der Waals surface area contributed by atoms with Crippen molar-refractivity contribution in [3.8, 4) is 23.3 Å². The Balaban J connectivity index is 1.62. The molecule has 116 valence electrons. The maximum Gasteiger partial charge on any atom is 0.265 e. The number of amides is 1. The molecule has 0 aliphatic carbocycles. The van der Waals surface area contributed by atoms with Crippen molar-refractivity contribution in [1.29, 1.82) is 5.26 Å². The van der Waals surface area contributed by atoms with E-state index in [0.717, 1.165) is 0 Å². The molecule has 6 heteroatoms. The molecule has 1 aliphatic rings. The number of nitrogens with zero attached hydrogens (tertiary/aromatic N) is 1. The van der Waals surface area contributed by atoms with Crippen LogP contribution in [0.3, 0.4) is 0 Å². The molecule has 0 saturated heterocycles. The molecule has 3 rings (SSSR count). The van der Waals surface area contributed by atoms with E-state index in [2.05, 4.69) is 5.32 Å². The molecule has 0 spiro atoms. The lowest BCUT2D eigenvalue weighted by Gasteiger charge is -2.15. The summed E-state index contributed by atoms with van der Waals surface area (Å²) in [5.41, 5.74) is 1.14. The average Bonchev–Trinajstić information content (AvgIpc) is 3.03. The Morgan fingerprint density at radius 1 is 1.22 bits per heavy atom. The molecule has 1 amide bonds. The molecule has 1 atom stereocenters. The highest BCUT2D eigenvalue weighted by molar-refractivity contribution is 5.94. The van der Waals surface area contributed by atoms with Gasteiger partial charge in [-0.1, -0.05) is 0 Å². The van der Waals surface area contributed by atoms with E-state index in [1.165, 1.54) is 0 Å². The Kier molecular flexibility index (Phi) is 4.02. The highest BCUT2D eigenvalue weighted by atomic mass is 16.7. The molecule has 2 aromatic rings. The number of anilines is 1. The van der Waals surface area contributed by atoms with Gasteiger partial charge >= 0.3 is 0 Å². The Labute approximate surface area is 133 Å². The minimum atomic E-state index is -0.689. The quantitative estimate of drug-likeness (QED) is 0.939. The van der Waals surface area contributed by atoms with E-state index in [9.17, 15) is 4.79 Å². The van der Waals surface area contributed by atoms with Crippen LogP contribution in [-0.4, -0.2) is 18.8 Å². The number of carbonyl (C=O) groups excluding carboxylic acids is 1. The molecular weight excluding hydrogens is 296 g/mol. The average molecular weight is 310 g/mol. The van der Waals surface area contributed by atoms with Gasteiger partial charge in [0.2, 0.25) is 6.79 Å². The normalized spacial score (nSPS) is 13.0. The lowest BCUT2D eigenvalue weighted by Crippen LogP contribution is -2.30. The summed E-state index contributed by atoms with van der Waals surface area (Å²) in [5.74, 6) is 1.50. The fourth-order valence-corrected chi connectivity index (χ4v) is 2.08. The number of fused-ring (bicyclic) bond motifs is 1. The van der Waals surface area contributed by atoms with Crippen LogP contribution in [0.4, 0.5) is 5.69 Å². The summed E-state index contributed by atoms with van der Waals surface area (Å²) in [6.45, 7) is 1.84. The van der Waals surface area contributed by atoms with Crippen molar-refractivity contribution in [2.24, 2.45) is 0 Å². The molecule has 0 fully saturated rings. The first kappa shape index (κ1) is 14.7. The predicted octanol–water partition coefficient (Wildman–Crippen LogP) is 2.69. The van der Waals surface area contributed by atoms with Gasteiger partial charge in [-0.15, -0.1) is 0 Å². The van der Waals surface area contributed by atoms with E-state index < -0.39 is 6.10 Å². The Morgan fingerprint density at radius 2 is 1.96 bits per heavy atom. The lowest BCUT2D eigenvalue weighted by molar-refractivity contribution is -0.122. The minimum Gasteiger partial charge on any atom is -0.481 e. The number of nitriles is 1. The fraction of sp³-hybridized carbons (Fsp3) is 0.176. The molecule has 1 N–H and O–H groups in total. The molecule has 0 saturated carbocycles. The summed E-state index contributed by atoms with van der Waals surface area (Å²) in [7, 11) is 0. The SMILES string of the molecule is C[C@H](Oc1ccc2c(c1)OCO2)C(=O)Nc1ccc(C#N)cc1. The van der Waals surface area contributed by atoms with Crippen molar-refractivity contribution in [3.05, 3.63) is 48.0 Å². The first-order valence-corrected chi connectivity index (χ1v) is 7.03. The fourth-order valence-electron chi connectivity index (χ4n) is 2.08. The number of nitrogens with one attached hydrogen (secondary N) is 1. The van der Waals surface area contributed by atoms with E-state index >= 15 is 0 Å². The van der Waals surface area contributed by atoms with Crippen LogP contribution in [0.1, 0.15) is 12.5 Å². The zero-order valence-corrected chi connectivity index (χ0v) is 12.4. The third-order valence-electron chi connectivity index (χ3n) is 3.31. The number of carbonyl (C=O) groups is 1. The molecule has 1 aliphatic heterocycles. The first-order valence-electron chi connectivity index (χ1n) is 7.03. The third-order valence-corrected chi connectivity index (χ3v) is 3.31. The summed E-state index contributed by atoms with van der Waals surface area (Å²) in [4.78, 5) is 12.1. The number of rotatable bonds is 4. The van der Waals surface area contributed by atoms with E-state index in [1.807, 2.05) is 6.07 Å². The van der Waals surface area contributed by atoms with Crippen molar-refractivity contribution in [2.45, 2.75) is 13.0 Å². The first-order chi connectivity index (χ1) is 11.2. The van der Waals surface area contributed by atoms with E-state index in [4.69, 9.17) is 19.5 Å². The van der Waals surface area contributed by atoms with Crippen molar-refractivity contribution in [3.63, 3.8) is 0 Å². The van der Waals surface area contributed by atoms with E-state index in [1.54, 1.807) is 49.4 Å². The molecule has 0 aromatic heterocycles. The molecule has 23 heavy (non-hydrogen) atoms. The molecule has 1 heterocycles. The molecular formula is C17H14N2O4. The van der Waals surface area contributed by atoms with Crippen LogP contribution in [0.25, 0.3) is 0 Å². The monoisotopic (exact) mass is 310 g/mol. The third kappa shape index (κ3) is 3.35. The molecule has 2 aromatic carbocycles. The van der Waals surface area contributed by atoms with Crippen LogP contribution in [0.15, 0.2) is 42.5 Å². The molecule has 0 bridgehead atoms. The second-order valence-corrected chi connectivity index (χ2v) is 4.95. The number of ether oxygens (including phenoxy) is 3. The smallest absolute Gasteiger partial charge is 0.265 e.